The van der Waals surface area contributed by atoms with Crippen molar-refractivity contribution in [2.75, 3.05) is 51.4 Å². The van der Waals surface area contributed by atoms with E-state index in [2.05, 4.69) is 21.9 Å². The maximum atomic E-state index is 6.10. The quantitative estimate of drug-likeness (QED) is 0.516. The highest BCUT2D eigenvalue weighted by atomic mass is 16.5. The van der Waals surface area contributed by atoms with Crippen molar-refractivity contribution in [2.24, 2.45) is 0 Å². The van der Waals surface area contributed by atoms with Gasteiger partial charge >= 0.3 is 0 Å². The molecule has 0 aromatic heterocycles. The highest BCUT2D eigenvalue weighted by Crippen LogP contribution is 2.22. The van der Waals surface area contributed by atoms with Crippen molar-refractivity contribution in [2.45, 2.75) is 6.04 Å². The van der Waals surface area contributed by atoms with E-state index in [4.69, 9.17) is 14.2 Å². The van der Waals surface area contributed by atoms with Crippen LogP contribution in [0.5, 0.6) is 17.2 Å². The fourth-order valence-corrected chi connectivity index (χ4v) is 3.82. The van der Waals surface area contributed by atoms with Gasteiger partial charge in [-0.3, -0.25) is 4.90 Å². The predicted molar refractivity (Wildman–Crippen MR) is 124 cm³/mol. The standard InChI is InChI=1S/C26H30N2O3/c1-29-24-14-12-22(13-15-24)27-16-18-28(19-17-27)23(20-30-25-8-4-2-5-9-25)21-31-26-10-6-3-7-11-26/h2-15,23H,16-21H2,1H3. The van der Waals surface area contributed by atoms with E-state index in [1.165, 1.54) is 5.69 Å². The van der Waals surface area contributed by atoms with Gasteiger partial charge in [-0.05, 0) is 48.5 Å². The summed E-state index contributed by atoms with van der Waals surface area (Å²) in [4.78, 5) is 4.90. The molecule has 0 aliphatic carbocycles. The number of anilines is 1. The van der Waals surface area contributed by atoms with Crippen molar-refractivity contribution < 1.29 is 14.2 Å². The second-order valence-corrected chi connectivity index (χ2v) is 7.62. The van der Waals surface area contributed by atoms with Crippen LogP contribution in [0.25, 0.3) is 0 Å². The van der Waals surface area contributed by atoms with Gasteiger partial charge in [0.15, 0.2) is 0 Å². The highest BCUT2D eigenvalue weighted by Gasteiger charge is 2.25. The van der Waals surface area contributed by atoms with Crippen molar-refractivity contribution in [3.63, 3.8) is 0 Å². The molecule has 1 saturated heterocycles. The molecule has 1 heterocycles. The third-order valence-corrected chi connectivity index (χ3v) is 5.64. The zero-order valence-corrected chi connectivity index (χ0v) is 18.0. The molecule has 5 nitrogen and oxygen atoms in total. The van der Waals surface area contributed by atoms with Gasteiger partial charge in [0.1, 0.15) is 30.5 Å². The summed E-state index contributed by atoms with van der Waals surface area (Å²) in [5, 5.41) is 0. The zero-order valence-electron chi connectivity index (χ0n) is 18.0. The highest BCUT2D eigenvalue weighted by molar-refractivity contribution is 5.49. The largest absolute Gasteiger partial charge is 0.497 e. The van der Waals surface area contributed by atoms with Gasteiger partial charge in [0.05, 0.1) is 13.2 Å². The van der Waals surface area contributed by atoms with Crippen LogP contribution >= 0.6 is 0 Å². The fraction of sp³-hybridized carbons (Fsp3) is 0.308. The molecule has 31 heavy (non-hydrogen) atoms. The van der Waals surface area contributed by atoms with E-state index < -0.39 is 0 Å². The van der Waals surface area contributed by atoms with Crippen LogP contribution in [0.3, 0.4) is 0 Å². The normalized spacial score (nSPS) is 14.5. The van der Waals surface area contributed by atoms with Gasteiger partial charge in [0, 0.05) is 31.9 Å². The number of benzene rings is 3. The Morgan fingerprint density at radius 3 is 1.65 bits per heavy atom. The van der Waals surface area contributed by atoms with E-state index in [1.807, 2.05) is 72.8 Å². The van der Waals surface area contributed by atoms with E-state index in [1.54, 1.807) is 7.11 Å². The molecule has 0 amide bonds. The first-order valence-electron chi connectivity index (χ1n) is 10.8. The van der Waals surface area contributed by atoms with Gasteiger partial charge in [-0.25, -0.2) is 0 Å². The van der Waals surface area contributed by atoms with E-state index in [9.17, 15) is 0 Å². The van der Waals surface area contributed by atoms with Crippen molar-refractivity contribution in [1.82, 2.24) is 4.90 Å². The Morgan fingerprint density at radius 2 is 1.16 bits per heavy atom. The summed E-state index contributed by atoms with van der Waals surface area (Å²) in [6, 6.07) is 28.5. The minimum absolute atomic E-state index is 0.179. The Bertz CT molecular complexity index is 851. The topological polar surface area (TPSA) is 34.2 Å². The van der Waals surface area contributed by atoms with E-state index in [-0.39, 0.29) is 6.04 Å². The van der Waals surface area contributed by atoms with Crippen molar-refractivity contribution in [3.05, 3.63) is 84.9 Å². The maximum absolute atomic E-state index is 6.10. The molecule has 0 N–H and O–H groups in total. The van der Waals surface area contributed by atoms with Gasteiger partial charge in [0.25, 0.3) is 0 Å². The van der Waals surface area contributed by atoms with E-state index in [0.29, 0.717) is 13.2 Å². The lowest BCUT2D eigenvalue weighted by molar-refractivity contribution is 0.0864. The number of hydrogen-bond donors (Lipinski definition) is 0. The number of hydrogen-bond acceptors (Lipinski definition) is 5. The summed E-state index contributed by atoms with van der Waals surface area (Å²) in [5.41, 5.74) is 1.23. The van der Waals surface area contributed by atoms with Crippen molar-refractivity contribution in [3.8, 4) is 17.2 Å². The second-order valence-electron chi connectivity index (χ2n) is 7.62. The zero-order chi connectivity index (χ0) is 21.3. The molecular weight excluding hydrogens is 388 g/mol. The molecule has 162 valence electrons. The Kier molecular flexibility index (Phi) is 7.29. The first-order valence-corrected chi connectivity index (χ1v) is 10.8. The Morgan fingerprint density at radius 1 is 0.645 bits per heavy atom. The number of nitrogens with zero attached hydrogens (tertiary/aromatic N) is 2. The van der Waals surface area contributed by atoms with E-state index in [0.717, 1.165) is 43.4 Å². The Balaban J connectivity index is 1.37. The summed E-state index contributed by atoms with van der Waals surface area (Å²) < 4.78 is 17.5. The van der Waals surface area contributed by atoms with E-state index >= 15 is 0 Å². The van der Waals surface area contributed by atoms with Crippen LogP contribution < -0.4 is 19.1 Å². The first-order chi connectivity index (χ1) is 15.3. The minimum atomic E-state index is 0.179. The number of para-hydroxylation sites is 2. The third kappa shape index (κ3) is 5.92. The third-order valence-electron chi connectivity index (χ3n) is 5.64. The predicted octanol–water partition coefficient (Wildman–Crippen LogP) is 4.34. The van der Waals surface area contributed by atoms with Gasteiger partial charge in [-0.1, -0.05) is 36.4 Å². The summed E-state index contributed by atoms with van der Waals surface area (Å²) in [5.74, 6) is 2.67. The molecule has 3 aromatic carbocycles. The fourth-order valence-electron chi connectivity index (χ4n) is 3.82. The first kappa shape index (κ1) is 21.1. The smallest absolute Gasteiger partial charge is 0.119 e. The average Bonchev–Trinajstić information content (AvgIpc) is 2.86. The molecule has 0 spiro atoms. The molecule has 3 aromatic rings. The van der Waals surface area contributed by atoms with Crippen LogP contribution in [0.2, 0.25) is 0 Å². The molecule has 0 atom stereocenters. The Labute approximate surface area is 184 Å². The van der Waals surface area contributed by atoms with Crippen LogP contribution in [0.15, 0.2) is 84.9 Å². The molecule has 0 bridgehead atoms. The van der Waals surface area contributed by atoms with Crippen LogP contribution in [0.1, 0.15) is 0 Å². The van der Waals surface area contributed by atoms with Gasteiger partial charge in [-0.2, -0.15) is 0 Å². The van der Waals surface area contributed by atoms with Crippen LogP contribution in [-0.4, -0.2) is 57.4 Å². The number of ether oxygens (including phenoxy) is 3. The van der Waals surface area contributed by atoms with Crippen molar-refractivity contribution >= 4 is 5.69 Å². The van der Waals surface area contributed by atoms with Crippen molar-refractivity contribution in [1.29, 1.82) is 0 Å². The van der Waals surface area contributed by atoms with Gasteiger partial charge < -0.3 is 19.1 Å². The number of methoxy groups -OCH3 is 1. The monoisotopic (exact) mass is 418 g/mol. The molecule has 0 saturated carbocycles. The van der Waals surface area contributed by atoms with Gasteiger partial charge in [0.2, 0.25) is 0 Å². The molecule has 5 heteroatoms. The molecule has 0 unspecified atom stereocenters. The second kappa shape index (κ2) is 10.7. The Hall–Kier alpha value is -3.18. The summed E-state index contributed by atoms with van der Waals surface area (Å²) in [6.07, 6.45) is 0. The van der Waals surface area contributed by atoms with Gasteiger partial charge in [-0.15, -0.1) is 0 Å². The molecule has 1 fully saturated rings. The molecule has 1 aliphatic rings. The summed E-state index contributed by atoms with van der Waals surface area (Å²) in [6.45, 7) is 5.07. The average molecular weight is 419 g/mol. The lowest BCUT2D eigenvalue weighted by Crippen LogP contribution is -2.53. The molecule has 0 radical (unpaired) electrons. The molecular formula is C26H30N2O3. The minimum Gasteiger partial charge on any atom is -0.497 e. The summed E-state index contributed by atoms with van der Waals surface area (Å²) in [7, 11) is 1.70. The summed E-state index contributed by atoms with van der Waals surface area (Å²) >= 11 is 0. The number of rotatable bonds is 9. The van der Waals surface area contributed by atoms with Crippen LogP contribution in [0.4, 0.5) is 5.69 Å². The lowest BCUT2D eigenvalue weighted by atomic mass is 10.2. The lowest BCUT2D eigenvalue weighted by Gasteiger charge is -2.40. The van der Waals surface area contributed by atoms with Crippen LogP contribution in [0, 0.1) is 0 Å². The van der Waals surface area contributed by atoms with Crippen LogP contribution in [-0.2, 0) is 0 Å². The molecule has 4 rings (SSSR count). The molecule has 1 aliphatic heterocycles. The number of piperazine rings is 1. The SMILES string of the molecule is COc1ccc(N2CCN(C(COc3ccccc3)COc3ccccc3)CC2)cc1. The maximum Gasteiger partial charge on any atom is 0.119 e.